The number of halogens is 1. The van der Waals surface area contributed by atoms with Gasteiger partial charge in [0.1, 0.15) is 0 Å². The fourth-order valence-corrected chi connectivity index (χ4v) is 1.80. The molecular weight excluding hydrogens is 237 g/mol. The van der Waals surface area contributed by atoms with E-state index in [-0.39, 0.29) is 11.4 Å². The lowest BCUT2D eigenvalue weighted by atomic mass is 10.3. The first-order valence-corrected chi connectivity index (χ1v) is 5.56. The average Bonchev–Trinajstić information content (AvgIpc) is 3.08. The maximum atomic E-state index is 13.6. The Kier molecular flexibility index (Phi) is 2.36. The smallest absolute Gasteiger partial charge is 0.165 e. The number of nitrogens with zero attached hydrogens (tertiary/aromatic N) is 3. The molecule has 2 aromatic rings. The quantitative estimate of drug-likeness (QED) is 0.797. The van der Waals surface area contributed by atoms with Crippen molar-refractivity contribution in [2.45, 2.75) is 18.8 Å². The van der Waals surface area contributed by atoms with Gasteiger partial charge in [-0.1, -0.05) is 0 Å². The molecule has 18 heavy (non-hydrogen) atoms. The van der Waals surface area contributed by atoms with Gasteiger partial charge in [0.05, 0.1) is 35.6 Å². The number of imidazole rings is 1. The van der Waals surface area contributed by atoms with Crippen molar-refractivity contribution in [3.8, 4) is 5.69 Å². The summed E-state index contributed by atoms with van der Waals surface area (Å²) in [5, 5.41) is 10.7. The summed E-state index contributed by atoms with van der Waals surface area (Å²) >= 11 is 0. The van der Waals surface area contributed by atoms with Gasteiger partial charge in [-0.15, -0.1) is 0 Å². The highest BCUT2D eigenvalue weighted by molar-refractivity contribution is 5.84. The minimum absolute atomic E-state index is 0.114. The van der Waals surface area contributed by atoms with Gasteiger partial charge in [-0.3, -0.25) is 4.98 Å². The number of carboxylic acid groups (broad SMARTS) is 1. The largest absolute Gasteiger partial charge is 0.543 e. The molecule has 0 amide bonds. The zero-order valence-corrected chi connectivity index (χ0v) is 9.34. The van der Waals surface area contributed by atoms with E-state index in [0.29, 0.717) is 5.92 Å². The number of carbonyl (C=O) groups is 1. The Hall–Kier alpha value is -2.24. The number of rotatable bonds is 3. The van der Waals surface area contributed by atoms with Crippen LogP contribution in [0.2, 0.25) is 0 Å². The van der Waals surface area contributed by atoms with Crippen molar-refractivity contribution in [1.82, 2.24) is 14.5 Å². The van der Waals surface area contributed by atoms with Crippen LogP contribution < -0.4 is 5.11 Å². The van der Waals surface area contributed by atoms with E-state index in [4.69, 9.17) is 0 Å². The fourth-order valence-electron chi connectivity index (χ4n) is 1.80. The van der Waals surface area contributed by atoms with Crippen LogP contribution in [0.3, 0.4) is 0 Å². The summed E-state index contributed by atoms with van der Waals surface area (Å²) in [5.41, 5.74) is 0.720. The van der Waals surface area contributed by atoms with E-state index in [1.54, 1.807) is 6.20 Å². The molecule has 5 nitrogen and oxygen atoms in total. The van der Waals surface area contributed by atoms with E-state index in [0.717, 1.165) is 30.8 Å². The molecule has 1 aliphatic rings. The molecule has 2 aromatic heterocycles. The highest BCUT2D eigenvalue weighted by Gasteiger charge is 2.26. The van der Waals surface area contributed by atoms with Gasteiger partial charge in [-0.05, 0) is 18.9 Å². The molecule has 6 heteroatoms. The van der Waals surface area contributed by atoms with Gasteiger partial charge in [-0.2, -0.15) is 0 Å². The van der Waals surface area contributed by atoms with Crippen LogP contribution in [-0.2, 0) is 0 Å². The molecule has 0 atom stereocenters. The van der Waals surface area contributed by atoms with Crippen LogP contribution in [-0.4, -0.2) is 20.5 Å². The van der Waals surface area contributed by atoms with Crippen molar-refractivity contribution in [3.05, 3.63) is 42.0 Å². The molecule has 0 aromatic carbocycles. The predicted octanol–water partition coefficient (Wildman–Crippen LogP) is 0.647. The molecule has 0 unspecified atom stereocenters. The summed E-state index contributed by atoms with van der Waals surface area (Å²) in [7, 11) is 0. The molecule has 0 radical (unpaired) electrons. The van der Waals surface area contributed by atoms with Crippen LogP contribution in [0.4, 0.5) is 4.39 Å². The molecule has 0 N–H and O–H groups in total. The maximum absolute atomic E-state index is 13.6. The third-order valence-corrected chi connectivity index (χ3v) is 2.92. The van der Waals surface area contributed by atoms with Crippen LogP contribution in [0.25, 0.3) is 5.69 Å². The zero-order valence-electron chi connectivity index (χ0n) is 9.34. The second kappa shape index (κ2) is 3.90. The van der Waals surface area contributed by atoms with E-state index in [1.165, 1.54) is 10.9 Å². The summed E-state index contributed by atoms with van der Waals surface area (Å²) < 4.78 is 15.1. The number of aromatic nitrogens is 3. The molecule has 0 aliphatic heterocycles. The third kappa shape index (κ3) is 1.85. The minimum atomic E-state index is -1.43. The number of aromatic carboxylic acids is 1. The van der Waals surface area contributed by atoms with Gasteiger partial charge in [0, 0.05) is 12.1 Å². The van der Waals surface area contributed by atoms with Crippen LogP contribution in [0.1, 0.15) is 34.9 Å². The molecule has 1 saturated carbocycles. The summed E-state index contributed by atoms with van der Waals surface area (Å²) in [6.45, 7) is 0. The molecule has 1 aliphatic carbocycles. The topological polar surface area (TPSA) is 70.8 Å². The van der Waals surface area contributed by atoms with E-state index in [9.17, 15) is 14.3 Å². The van der Waals surface area contributed by atoms with Crippen LogP contribution >= 0.6 is 0 Å². The number of carboxylic acids is 1. The van der Waals surface area contributed by atoms with E-state index in [2.05, 4.69) is 9.97 Å². The molecule has 0 saturated heterocycles. The number of hydrogen-bond donors (Lipinski definition) is 0. The number of pyridine rings is 1. The maximum Gasteiger partial charge on any atom is 0.165 e. The first-order chi connectivity index (χ1) is 8.65. The average molecular weight is 246 g/mol. The lowest BCUT2D eigenvalue weighted by Gasteiger charge is -2.06. The summed E-state index contributed by atoms with van der Waals surface area (Å²) in [4.78, 5) is 18.3. The molecular formula is C12H9FN3O2-. The van der Waals surface area contributed by atoms with Gasteiger partial charge in [0.15, 0.2) is 5.82 Å². The Morgan fingerprint density at radius 1 is 1.44 bits per heavy atom. The standard InChI is InChI=1S/C12H10FN3O2/c13-8-4-14-9(12(17)18)3-11(8)16-5-10(15-6-16)7-1-2-7/h3-7H,1-2H2,(H,17,18)/p-1. The van der Waals surface area contributed by atoms with Gasteiger partial charge in [-0.25, -0.2) is 9.37 Å². The van der Waals surface area contributed by atoms with E-state index >= 15 is 0 Å². The van der Waals surface area contributed by atoms with Gasteiger partial charge in [0.25, 0.3) is 0 Å². The van der Waals surface area contributed by atoms with Gasteiger partial charge >= 0.3 is 0 Å². The summed E-state index contributed by atoms with van der Waals surface area (Å²) in [6.07, 6.45) is 6.26. The van der Waals surface area contributed by atoms with Gasteiger partial charge in [0.2, 0.25) is 0 Å². The minimum Gasteiger partial charge on any atom is -0.543 e. The number of hydrogen-bond acceptors (Lipinski definition) is 4. The Labute approximate surface area is 102 Å². The first-order valence-electron chi connectivity index (χ1n) is 5.56. The predicted molar refractivity (Wildman–Crippen MR) is 57.6 cm³/mol. The first kappa shape index (κ1) is 10.9. The highest BCUT2D eigenvalue weighted by atomic mass is 19.1. The summed E-state index contributed by atoms with van der Waals surface area (Å²) in [6, 6.07) is 1.14. The summed E-state index contributed by atoms with van der Waals surface area (Å²) in [5.74, 6) is -1.57. The lowest BCUT2D eigenvalue weighted by molar-refractivity contribution is -0.255. The highest BCUT2D eigenvalue weighted by Crippen LogP contribution is 2.39. The number of carbonyl (C=O) groups excluding carboxylic acids is 1. The Bertz CT molecular complexity index is 620. The van der Waals surface area contributed by atoms with Crippen molar-refractivity contribution >= 4 is 5.97 Å². The van der Waals surface area contributed by atoms with Crippen molar-refractivity contribution < 1.29 is 14.3 Å². The monoisotopic (exact) mass is 246 g/mol. The fraction of sp³-hybridized carbons (Fsp3) is 0.250. The van der Waals surface area contributed by atoms with Crippen molar-refractivity contribution in [2.24, 2.45) is 0 Å². The van der Waals surface area contributed by atoms with Crippen LogP contribution in [0.5, 0.6) is 0 Å². The normalized spacial score (nSPS) is 14.7. The molecule has 1 fully saturated rings. The van der Waals surface area contributed by atoms with Crippen molar-refractivity contribution in [3.63, 3.8) is 0 Å². The third-order valence-electron chi connectivity index (χ3n) is 2.92. The van der Waals surface area contributed by atoms with E-state index < -0.39 is 11.8 Å². The Balaban J connectivity index is 2.03. The molecule has 3 rings (SSSR count). The molecule has 92 valence electrons. The lowest BCUT2D eigenvalue weighted by Crippen LogP contribution is -2.23. The SMILES string of the molecule is O=C([O-])c1cc(-n2cnc(C3CC3)c2)c(F)cn1. The second-order valence-electron chi connectivity index (χ2n) is 4.29. The van der Waals surface area contributed by atoms with Crippen LogP contribution in [0, 0.1) is 5.82 Å². The molecule has 0 spiro atoms. The Morgan fingerprint density at radius 3 is 2.89 bits per heavy atom. The second-order valence-corrected chi connectivity index (χ2v) is 4.29. The van der Waals surface area contributed by atoms with Gasteiger partial charge < -0.3 is 14.5 Å². The molecule has 0 bridgehead atoms. The van der Waals surface area contributed by atoms with Crippen LogP contribution in [0.15, 0.2) is 24.8 Å². The van der Waals surface area contributed by atoms with Crippen molar-refractivity contribution in [1.29, 1.82) is 0 Å². The zero-order chi connectivity index (χ0) is 12.7. The van der Waals surface area contributed by atoms with E-state index in [1.807, 2.05) is 0 Å². The molecule has 2 heterocycles. The Morgan fingerprint density at radius 2 is 2.22 bits per heavy atom. The van der Waals surface area contributed by atoms with Crippen molar-refractivity contribution in [2.75, 3.05) is 0 Å².